The minimum Gasteiger partial charge on any atom is -0.484 e. The van der Waals surface area contributed by atoms with Gasteiger partial charge in [-0.25, -0.2) is 0 Å². The number of carbonyl (C=O) groups excluding carboxylic acids is 2. The minimum atomic E-state index is -0.808. The van der Waals surface area contributed by atoms with Gasteiger partial charge in [0, 0.05) is 12.0 Å². The molecule has 22 heavy (non-hydrogen) atoms. The van der Waals surface area contributed by atoms with Crippen LogP contribution in [0.3, 0.4) is 0 Å². The van der Waals surface area contributed by atoms with Crippen molar-refractivity contribution in [2.24, 2.45) is 5.92 Å². The van der Waals surface area contributed by atoms with Gasteiger partial charge < -0.3 is 10.1 Å². The first-order valence-corrected chi connectivity index (χ1v) is 7.47. The van der Waals surface area contributed by atoms with Gasteiger partial charge in [-0.2, -0.15) is 5.26 Å². The quantitative estimate of drug-likeness (QED) is 0.784. The van der Waals surface area contributed by atoms with E-state index in [4.69, 9.17) is 4.74 Å². The second kappa shape index (κ2) is 6.61. The summed E-state index contributed by atoms with van der Waals surface area (Å²) in [5.74, 6) is 0.511. The summed E-state index contributed by atoms with van der Waals surface area (Å²) in [4.78, 5) is 23.4. The van der Waals surface area contributed by atoms with Gasteiger partial charge in [0.15, 0.2) is 12.4 Å². The summed E-state index contributed by atoms with van der Waals surface area (Å²) in [6, 6.07) is 8.87. The zero-order chi connectivity index (χ0) is 16.2. The van der Waals surface area contributed by atoms with Gasteiger partial charge >= 0.3 is 0 Å². The Kier molecular flexibility index (Phi) is 4.81. The molecule has 0 spiro atoms. The lowest BCUT2D eigenvalue weighted by atomic mass is 9.98. The number of carbonyl (C=O) groups is 2. The Labute approximate surface area is 130 Å². The van der Waals surface area contributed by atoms with Crippen LogP contribution < -0.4 is 10.1 Å². The van der Waals surface area contributed by atoms with Crippen LogP contribution in [0.5, 0.6) is 5.75 Å². The highest BCUT2D eigenvalue weighted by Gasteiger charge is 2.43. The number of nitriles is 1. The molecule has 0 saturated heterocycles. The molecule has 0 unspecified atom stereocenters. The first-order valence-electron chi connectivity index (χ1n) is 7.47. The first kappa shape index (κ1) is 16.0. The number of hydrogen-bond donors (Lipinski definition) is 1. The van der Waals surface area contributed by atoms with Crippen molar-refractivity contribution in [1.82, 2.24) is 5.32 Å². The summed E-state index contributed by atoms with van der Waals surface area (Å²) in [5.41, 5.74) is -0.178. The lowest BCUT2D eigenvalue weighted by Crippen LogP contribution is -2.48. The molecular formula is C17H20N2O3. The molecule has 1 aromatic carbocycles. The maximum atomic E-state index is 11.9. The number of ether oxygens (including phenoxy) is 1. The van der Waals surface area contributed by atoms with Gasteiger partial charge in [-0.3, -0.25) is 9.59 Å². The van der Waals surface area contributed by atoms with E-state index in [1.807, 2.05) is 6.92 Å². The van der Waals surface area contributed by atoms with E-state index in [1.165, 1.54) is 0 Å². The molecule has 2 rings (SSSR count). The molecule has 0 heterocycles. The van der Waals surface area contributed by atoms with Crippen molar-refractivity contribution in [3.05, 3.63) is 29.8 Å². The van der Waals surface area contributed by atoms with Crippen LogP contribution in [0, 0.1) is 17.2 Å². The summed E-state index contributed by atoms with van der Waals surface area (Å²) in [6.07, 6.45) is 2.40. The lowest BCUT2D eigenvalue weighted by Gasteiger charge is -2.22. The maximum absolute atomic E-state index is 11.9. The van der Waals surface area contributed by atoms with Crippen LogP contribution in [-0.2, 0) is 4.79 Å². The number of Topliss-reactive ketones (excluding diaryl/α,β-unsaturated/α-hetero) is 1. The van der Waals surface area contributed by atoms with Crippen molar-refractivity contribution in [3.63, 3.8) is 0 Å². The van der Waals surface area contributed by atoms with Crippen LogP contribution >= 0.6 is 0 Å². The van der Waals surface area contributed by atoms with E-state index in [1.54, 1.807) is 31.2 Å². The highest BCUT2D eigenvalue weighted by atomic mass is 16.5. The predicted octanol–water partition coefficient (Wildman–Crippen LogP) is 2.47. The highest BCUT2D eigenvalue weighted by Crippen LogP contribution is 2.39. The average Bonchev–Trinajstić information content (AvgIpc) is 3.38. The topological polar surface area (TPSA) is 79.2 Å². The second-order valence-corrected chi connectivity index (χ2v) is 5.73. The zero-order valence-corrected chi connectivity index (χ0v) is 12.9. The van der Waals surface area contributed by atoms with E-state index in [0.29, 0.717) is 17.7 Å². The number of nitrogens with zero attached hydrogens (tertiary/aromatic N) is 1. The van der Waals surface area contributed by atoms with Gasteiger partial charge in [-0.05, 0) is 49.9 Å². The smallest absolute Gasteiger partial charge is 0.259 e. The van der Waals surface area contributed by atoms with E-state index < -0.39 is 5.54 Å². The molecule has 5 nitrogen and oxygen atoms in total. The van der Waals surface area contributed by atoms with Crippen LogP contribution in [-0.4, -0.2) is 23.8 Å². The number of benzene rings is 1. The standard InChI is InChI=1S/C17H20N2O3/c1-3-15(20)12-4-8-14(9-5-12)22-10-16(21)19-17(2,11-18)13-6-7-13/h4-5,8-9,13H,3,6-7,10H2,1-2H3,(H,19,21)/t17-/m0/s1. The van der Waals surface area contributed by atoms with Crippen LogP contribution in [0.1, 0.15) is 43.5 Å². The largest absolute Gasteiger partial charge is 0.484 e. The summed E-state index contributed by atoms with van der Waals surface area (Å²) >= 11 is 0. The molecule has 0 aromatic heterocycles. The third kappa shape index (κ3) is 3.85. The molecule has 1 amide bonds. The van der Waals surface area contributed by atoms with Crippen molar-refractivity contribution in [1.29, 1.82) is 5.26 Å². The molecule has 1 aromatic rings. The van der Waals surface area contributed by atoms with Crippen molar-refractivity contribution >= 4 is 11.7 Å². The average molecular weight is 300 g/mol. The number of nitrogens with one attached hydrogen (secondary N) is 1. The molecule has 0 radical (unpaired) electrons. The molecule has 1 atom stereocenters. The molecule has 1 aliphatic rings. The molecule has 0 bridgehead atoms. The van der Waals surface area contributed by atoms with Crippen molar-refractivity contribution < 1.29 is 14.3 Å². The summed E-state index contributed by atoms with van der Waals surface area (Å²) in [6.45, 7) is 3.40. The van der Waals surface area contributed by atoms with Gasteiger partial charge in [0.25, 0.3) is 5.91 Å². The molecule has 1 saturated carbocycles. The summed E-state index contributed by atoms with van der Waals surface area (Å²) in [5, 5.41) is 11.9. The van der Waals surface area contributed by atoms with E-state index in [-0.39, 0.29) is 24.2 Å². The fourth-order valence-corrected chi connectivity index (χ4v) is 2.30. The normalized spacial score (nSPS) is 16.2. The molecule has 1 aliphatic carbocycles. The SMILES string of the molecule is CCC(=O)c1ccc(OCC(=O)N[C@@](C)(C#N)C2CC2)cc1. The number of hydrogen-bond acceptors (Lipinski definition) is 4. The molecule has 1 fully saturated rings. The number of rotatable bonds is 7. The Bertz CT molecular complexity index is 599. The minimum absolute atomic E-state index is 0.0681. The molecular weight excluding hydrogens is 280 g/mol. The maximum Gasteiger partial charge on any atom is 0.259 e. The monoisotopic (exact) mass is 300 g/mol. The Morgan fingerprint density at radius 1 is 1.36 bits per heavy atom. The van der Waals surface area contributed by atoms with Crippen molar-refractivity contribution in [3.8, 4) is 11.8 Å². The van der Waals surface area contributed by atoms with E-state index in [9.17, 15) is 14.9 Å². The van der Waals surface area contributed by atoms with Crippen LogP contribution in [0.25, 0.3) is 0 Å². The van der Waals surface area contributed by atoms with E-state index >= 15 is 0 Å². The van der Waals surface area contributed by atoms with Crippen LogP contribution in [0.4, 0.5) is 0 Å². The van der Waals surface area contributed by atoms with Gasteiger partial charge in [0.2, 0.25) is 0 Å². The zero-order valence-electron chi connectivity index (χ0n) is 12.9. The second-order valence-electron chi connectivity index (χ2n) is 5.73. The Hall–Kier alpha value is -2.35. The lowest BCUT2D eigenvalue weighted by molar-refractivity contribution is -0.124. The highest BCUT2D eigenvalue weighted by molar-refractivity contribution is 5.95. The van der Waals surface area contributed by atoms with Crippen molar-refractivity contribution in [2.45, 2.75) is 38.6 Å². The van der Waals surface area contributed by atoms with Crippen LogP contribution in [0.2, 0.25) is 0 Å². The van der Waals surface area contributed by atoms with Crippen molar-refractivity contribution in [2.75, 3.05) is 6.61 Å². The van der Waals surface area contributed by atoms with E-state index in [2.05, 4.69) is 11.4 Å². The number of amides is 1. The fourth-order valence-electron chi connectivity index (χ4n) is 2.30. The molecule has 5 heteroatoms. The van der Waals surface area contributed by atoms with Gasteiger partial charge in [0.1, 0.15) is 11.3 Å². The summed E-state index contributed by atoms with van der Waals surface area (Å²) in [7, 11) is 0. The van der Waals surface area contributed by atoms with Gasteiger partial charge in [0.05, 0.1) is 6.07 Å². The van der Waals surface area contributed by atoms with E-state index in [0.717, 1.165) is 12.8 Å². The molecule has 1 N–H and O–H groups in total. The Morgan fingerprint density at radius 2 is 2.00 bits per heavy atom. The number of ketones is 1. The molecule has 0 aliphatic heterocycles. The fraction of sp³-hybridized carbons (Fsp3) is 0.471. The van der Waals surface area contributed by atoms with Gasteiger partial charge in [-0.15, -0.1) is 0 Å². The van der Waals surface area contributed by atoms with Gasteiger partial charge in [-0.1, -0.05) is 6.92 Å². The third-order valence-electron chi connectivity index (χ3n) is 3.89. The third-order valence-corrected chi connectivity index (χ3v) is 3.89. The Morgan fingerprint density at radius 3 is 2.50 bits per heavy atom. The van der Waals surface area contributed by atoms with Crippen LogP contribution in [0.15, 0.2) is 24.3 Å². The summed E-state index contributed by atoms with van der Waals surface area (Å²) < 4.78 is 5.39. The first-order chi connectivity index (χ1) is 10.5. The molecule has 116 valence electrons. The Balaban J connectivity index is 1.86. The predicted molar refractivity (Wildman–Crippen MR) is 81.4 cm³/mol.